The van der Waals surface area contributed by atoms with Gasteiger partial charge in [0.15, 0.2) is 0 Å². The molecule has 1 amide bonds. The average Bonchev–Trinajstić information content (AvgIpc) is 3.59. The van der Waals surface area contributed by atoms with Gasteiger partial charge in [-0.25, -0.2) is 0 Å². The molecule has 1 saturated heterocycles. The van der Waals surface area contributed by atoms with Crippen molar-refractivity contribution in [2.45, 2.75) is 12.6 Å². The predicted octanol–water partition coefficient (Wildman–Crippen LogP) is 5.54. The number of amides is 1. The lowest BCUT2D eigenvalue weighted by molar-refractivity contribution is -0.140. The number of aromatic amines is 1. The first-order chi connectivity index (χ1) is 16.6. The van der Waals surface area contributed by atoms with Crippen LogP contribution >= 0.6 is 0 Å². The first kappa shape index (κ1) is 20.1. The van der Waals surface area contributed by atoms with Gasteiger partial charge in [0.25, 0.3) is 11.7 Å². The number of para-hydroxylation sites is 1. The molecular formula is C28H20N2O4. The fourth-order valence-corrected chi connectivity index (χ4v) is 4.75. The summed E-state index contributed by atoms with van der Waals surface area (Å²) in [4.78, 5) is 31.2. The zero-order valence-electron chi connectivity index (χ0n) is 18.1. The lowest BCUT2D eigenvalue weighted by atomic mass is 9.94. The SMILES string of the molecule is O=C1C(=O)N(Cc2ccco2)C(c2c[nH]c3ccccc23)/C1=C(\O)c1ccc2ccccc2c1. The number of ketones is 1. The number of likely N-dealkylation sites (tertiary alicyclic amines) is 1. The van der Waals surface area contributed by atoms with E-state index in [0.717, 1.165) is 27.2 Å². The first-order valence-electron chi connectivity index (χ1n) is 11.0. The van der Waals surface area contributed by atoms with Crippen molar-refractivity contribution < 1.29 is 19.1 Å². The van der Waals surface area contributed by atoms with E-state index < -0.39 is 17.7 Å². The van der Waals surface area contributed by atoms with Gasteiger partial charge in [0.1, 0.15) is 11.5 Å². The summed E-state index contributed by atoms with van der Waals surface area (Å²) in [5.74, 6) is -1.03. The van der Waals surface area contributed by atoms with Crippen LogP contribution < -0.4 is 0 Å². The first-order valence-corrected chi connectivity index (χ1v) is 11.0. The Hall–Kier alpha value is -4.58. The van der Waals surface area contributed by atoms with Gasteiger partial charge in [-0.2, -0.15) is 0 Å². The Morgan fingerprint density at radius 2 is 1.74 bits per heavy atom. The smallest absolute Gasteiger partial charge is 0.296 e. The fourth-order valence-electron chi connectivity index (χ4n) is 4.75. The van der Waals surface area contributed by atoms with Crippen LogP contribution in [0.5, 0.6) is 0 Å². The van der Waals surface area contributed by atoms with Crippen molar-refractivity contribution >= 4 is 39.1 Å². The van der Waals surface area contributed by atoms with Crippen LogP contribution in [0.1, 0.15) is 22.9 Å². The number of furan rings is 1. The topological polar surface area (TPSA) is 86.5 Å². The third-order valence-corrected chi connectivity index (χ3v) is 6.38. The Labute approximate surface area is 194 Å². The Morgan fingerprint density at radius 3 is 2.56 bits per heavy atom. The number of nitrogens with zero attached hydrogens (tertiary/aromatic N) is 1. The minimum atomic E-state index is -0.771. The van der Waals surface area contributed by atoms with E-state index in [9.17, 15) is 14.7 Å². The van der Waals surface area contributed by atoms with Gasteiger partial charge in [0, 0.05) is 28.2 Å². The molecule has 1 aliphatic rings. The van der Waals surface area contributed by atoms with Crippen molar-refractivity contribution in [1.82, 2.24) is 9.88 Å². The summed E-state index contributed by atoms with van der Waals surface area (Å²) >= 11 is 0. The van der Waals surface area contributed by atoms with Gasteiger partial charge in [0.05, 0.1) is 24.4 Å². The van der Waals surface area contributed by atoms with E-state index >= 15 is 0 Å². The van der Waals surface area contributed by atoms with E-state index in [-0.39, 0.29) is 17.9 Å². The largest absolute Gasteiger partial charge is 0.507 e. The summed E-state index contributed by atoms with van der Waals surface area (Å²) in [5.41, 5.74) is 2.17. The Balaban J connectivity index is 1.56. The summed E-state index contributed by atoms with van der Waals surface area (Å²) in [6.45, 7) is 0.107. The van der Waals surface area contributed by atoms with Crippen molar-refractivity contribution in [2.75, 3.05) is 0 Å². The molecule has 3 aromatic carbocycles. The highest BCUT2D eigenvalue weighted by molar-refractivity contribution is 6.46. The van der Waals surface area contributed by atoms with E-state index in [1.807, 2.05) is 60.7 Å². The Kier molecular flexibility index (Phi) is 4.59. The maximum absolute atomic E-state index is 13.3. The van der Waals surface area contributed by atoms with Gasteiger partial charge >= 0.3 is 0 Å². The van der Waals surface area contributed by atoms with Gasteiger partial charge in [-0.05, 0) is 35.0 Å². The number of carbonyl (C=O) groups is 2. The number of fused-ring (bicyclic) bond motifs is 2. The van der Waals surface area contributed by atoms with Gasteiger partial charge < -0.3 is 19.4 Å². The van der Waals surface area contributed by atoms with Crippen LogP contribution in [0.15, 0.2) is 101 Å². The molecule has 0 aliphatic carbocycles. The van der Waals surface area contributed by atoms with Crippen molar-refractivity contribution in [2.24, 2.45) is 0 Å². The molecule has 0 spiro atoms. The zero-order chi connectivity index (χ0) is 23.2. The minimum Gasteiger partial charge on any atom is -0.507 e. The molecule has 1 fully saturated rings. The quantitative estimate of drug-likeness (QED) is 0.215. The lowest BCUT2D eigenvalue weighted by Crippen LogP contribution is -2.29. The molecule has 1 unspecified atom stereocenters. The van der Waals surface area contributed by atoms with Crippen LogP contribution in [0.4, 0.5) is 0 Å². The van der Waals surface area contributed by atoms with E-state index in [0.29, 0.717) is 11.3 Å². The number of hydrogen-bond donors (Lipinski definition) is 2. The van der Waals surface area contributed by atoms with Crippen molar-refractivity contribution in [3.8, 4) is 0 Å². The highest BCUT2D eigenvalue weighted by Gasteiger charge is 2.47. The lowest BCUT2D eigenvalue weighted by Gasteiger charge is -2.24. The van der Waals surface area contributed by atoms with Crippen molar-refractivity contribution in [1.29, 1.82) is 0 Å². The molecule has 0 bridgehead atoms. The second kappa shape index (κ2) is 7.78. The van der Waals surface area contributed by atoms with E-state index in [2.05, 4.69) is 4.98 Å². The second-order valence-corrected chi connectivity index (χ2v) is 8.36. The number of aromatic nitrogens is 1. The number of benzene rings is 3. The number of aliphatic hydroxyl groups excluding tert-OH is 1. The van der Waals surface area contributed by atoms with Gasteiger partial charge in [-0.15, -0.1) is 0 Å². The second-order valence-electron chi connectivity index (χ2n) is 8.36. The molecule has 5 aromatic rings. The molecule has 2 N–H and O–H groups in total. The normalized spacial score (nSPS) is 17.8. The van der Waals surface area contributed by atoms with Crippen LogP contribution in [-0.2, 0) is 16.1 Å². The summed E-state index contributed by atoms with van der Waals surface area (Å²) in [6.07, 6.45) is 3.33. The number of hydrogen-bond acceptors (Lipinski definition) is 4. The van der Waals surface area contributed by atoms with Crippen LogP contribution in [0.2, 0.25) is 0 Å². The molecule has 6 rings (SSSR count). The zero-order valence-corrected chi connectivity index (χ0v) is 18.1. The van der Waals surface area contributed by atoms with Crippen LogP contribution in [-0.4, -0.2) is 26.7 Å². The molecule has 0 radical (unpaired) electrons. The predicted molar refractivity (Wildman–Crippen MR) is 129 cm³/mol. The summed E-state index contributed by atoms with van der Waals surface area (Å²) in [7, 11) is 0. The van der Waals surface area contributed by atoms with Crippen LogP contribution in [0.25, 0.3) is 27.4 Å². The molecule has 1 aliphatic heterocycles. The number of H-pyrrole nitrogens is 1. The van der Waals surface area contributed by atoms with Crippen molar-refractivity contribution in [3.05, 3.63) is 114 Å². The molecule has 2 aromatic heterocycles. The van der Waals surface area contributed by atoms with E-state index in [4.69, 9.17) is 4.42 Å². The average molecular weight is 448 g/mol. The molecule has 0 saturated carbocycles. The highest BCUT2D eigenvalue weighted by atomic mass is 16.3. The number of rotatable bonds is 4. The molecule has 6 heteroatoms. The molecule has 34 heavy (non-hydrogen) atoms. The summed E-state index contributed by atoms with van der Waals surface area (Å²) in [5, 5.41) is 14.2. The maximum atomic E-state index is 13.3. The van der Waals surface area contributed by atoms with Crippen LogP contribution in [0, 0.1) is 0 Å². The van der Waals surface area contributed by atoms with E-state index in [1.165, 1.54) is 11.2 Å². The summed E-state index contributed by atoms with van der Waals surface area (Å²) < 4.78 is 5.47. The van der Waals surface area contributed by atoms with E-state index in [1.54, 1.807) is 24.4 Å². The summed E-state index contributed by atoms with van der Waals surface area (Å²) in [6, 6.07) is 23.7. The number of Topliss-reactive ketones (excluding diaryl/α,β-unsaturated/α-hetero) is 1. The number of aliphatic hydroxyl groups is 1. The Morgan fingerprint density at radius 1 is 0.941 bits per heavy atom. The fraction of sp³-hybridized carbons (Fsp3) is 0.0714. The third kappa shape index (κ3) is 3.11. The molecular weight excluding hydrogens is 428 g/mol. The van der Waals surface area contributed by atoms with Gasteiger partial charge in [0.2, 0.25) is 0 Å². The third-order valence-electron chi connectivity index (χ3n) is 6.38. The Bertz CT molecular complexity index is 1590. The molecule has 6 nitrogen and oxygen atoms in total. The van der Waals surface area contributed by atoms with Gasteiger partial charge in [-0.1, -0.05) is 54.6 Å². The molecule has 1 atom stereocenters. The molecule has 166 valence electrons. The number of carbonyl (C=O) groups excluding carboxylic acids is 2. The standard InChI is InChI=1S/C28H20N2O4/c31-26(19-12-11-17-6-1-2-7-18(17)14-19)24-25(22-15-29-23-10-4-3-9-21(22)23)30(28(33)27(24)32)16-20-8-5-13-34-20/h1-15,25,29,31H,16H2/b26-24+. The van der Waals surface area contributed by atoms with Crippen LogP contribution in [0.3, 0.4) is 0 Å². The minimum absolute atomic E-state index is 0.0663. The number of nitrogens with one attached hydrogen (secondary N) is 1. The highest BCUT2D eigenvalue weighted by Crippen LogP contribution is 2.42. The van der Waals surface area contributed by atoms with Gasteiger partial charge in [-0.3, -0.25) is 9.59 Å². The maximum Gasteiger partial charge on any atom is 0.296 e. The molecule has 3 heterocycles. The monoisotopic (exact) mass is 448 g/mol. The van der Waals surface area contributed by atoms with Crippen molar-refractivity contribution in [3.63, 3.8) is 0 Å².